The van der Waals surface area contributed by atoms with Crippen molar-refractivity contribution in [2.24, 2.45) is 0 Å². The maximum absolute atomic E-state index is 11.9. The van der Waals surface area contributed by atoms with E-state index in [1.165, 1.54) is 0 Å². The maximum atomic E-state index is 11.9. The van der Waals surface area contributed by atoms with Crippen molar-refractivity contribution in [2.75, 3.05) is 18.4 Å². The van der Waals surface area contributed by atoms with E-state index in [1.54, 1.807) is 29.2 Å². The van der Waals surface area contributed by atoms with Gasteiger partial charge in [0.25, 0.3) is 0 Å². The number of anilines is 1. The van der Waals surface area contributed by atoms with E-state index in [1.807, 2.05) is 13.0 Å². The molecule has 0 spiro atoms. The van der Waals surface area contributed by atoms with Crippen molar-refractivity contribution >= 4 is 11.7 Å². The summed E-state index contributed by atoms with van der Waals surface area (Å²) in [5.41, 5.74) is 0.491. The van der Waals surface area contributed by atoms with Crippen LogP contribution in [-0.4, -0.2) is 34.7 Å². The minimum atomic E-state index is -0.712. The third-order valence-electron chi connectivity index (χ3n) is 3.24. The number of amides is 2. The Labute approximate surface area is 112 Å². The van der Waals surface area contributed by atoms with Crippen molar-refractivity contribution < 1.29 is 9.90 Å². The van der Waals surface area contributed by atoms with Crippen LogP contribution in [0, 0.1) is 11.3 Å². The molecule has 0 saturated carbocycles. The van der Waals surface area contributed by atoms with E-state index in [0.29, 0.717) is 30.8 Å². The van der Waals surface area contributed by atoms with E-state index in [-0.39, 0.29) is 6.03 Å². The number of β-amino-alcohol motifs (C(OH)–C–C–N with tert-alkyl or cyclic N) is 1. The molecule has 1 aromatic rings. The van der Waals surface area contributed by atoms with Crippen molar-refractivity contribution in [2.45, 2.75) is 25.4 Å². The first kappa shape index (κ1) is 13.4. The lowest BCUT2D eigenvalue weighted by atomic mass is 9.90. The van der Waals surface area contributed by atoms with Gasteiger partial charge in [0, 0.05) is 5.69 Å². The quantitative estimate of drug-likeness (QED) is 0.870. The highest BCUT2D eigenvalue weighted by atomic mass is 16.3. The zero-order valence-corrected chi connectivity index (χ0v) is 10.9. The molecule has 2 N–H and O–H groups in total. The normalized spacial score (nSPS) is 16.4. The highest BCUT2D eigenvalue weighted by Crippen LogP contribution is 2.26. The second-order valence-corrected chi connectivity index (χ2v) is 4.95. The number of carbonyl (C=O) groups excluding carboxylic acids is 1. The van der Waals surface area contributed by atoms with Crippen LogP contribution in [0.1, 0.15) is 25.3 Å². The van der Waals surface area contributed by atoms with Gasteiger partial charge in [-0.25, -0.2) is 4.79 Å². The van der Waals surface area contributed by atoms with Crippen LogP contribution >= 0.6 is 0 Å². The van der Waals surface area contributed by atoms with Crippen LogP contribution in [0.5, 0.6) is 0 Å². The summed E-state index contributed by atoms with van der Waals surface area (Å²) >= 11 is 0. The maximum Gasteiger partial charge on any atom is 0.322 e. The van der Waals surface area contributed by atoms with Crippen LogP contribution in [0.2, 0.25) is 0 Å². The van der Waals surface area contributed by atoms with Gasteiger partial charge >= 0.3 is 6.03 Å². The molecular formula is C14H17N3O2. The predicted molar refractivity (Wildman–Crippen MR) is 71.6 cm³/mol. The van der Waals surface area contributed by atoms with E-state index in [2.05, 4.69) is 5.32 Å². The Morgan fingerprint density at radius 3 is 2.63 bits per heavy atom. The highest BCUT2D eigenvalue weighted by Gasteiger charge is 2.42. The molecule has 0 aliphatic carbocycles. The van der Waals surface area contributed by atoms with Crippen molar-refractivity contribution in [1.82, 2.24) is 4.90 Å². The summed E-state index contributed by atoms with van der Waals surface area (Å²) in [6.07, 6.45) is 1.62. The Bertz CT molecular complexity index is 498. The molecule has 2 rings (SSSR count). The fourth-order valence-corrected chi connectivity index (χ4v) is 2.26. The molecule has 1 fully saturated rings. The van der Waals surface area contributed by atoms with Gasteiger partial charge in [0.2, 0.25) is 0 Å². The average Bonchev–Trinajstić information content (AvgIpc) is 2.37. The third kappa shape index (κ3) is 3.04. The van der Waals surface area contributed by atoms with Crippen molar-refractivity contribution in [1.29, 1.82) is 5.26 Å². The Hall–Kier alpha value is -2.06. The van der Waals surface area contributed by atoms with Gasteiger partial charge in [0.15, 0.2) is 0 Å². The number of carbonyl (C=O) groups is 1. The van der Waals surface area contributed by atoms with Gasteiger partial charge in [0.05, 0.1) is 30.3 Å². The molecule has 1 aliphatic heterocycles. The van der Waals surface area contributed by atoms with E-state index < -0.39 is 5.60 Å². The summed E-state index contributed by atoms with van der Waals surface area (Å²) in [5.74, 6) is 0. The summed E-state index contributed by atoms with van der Waals surface area (Å²) < 4.78 is 0. The number of nitriles is 1. The second-order valence-electron chi connectivity index (χ2n) is 4.95. The Morgan fingerprint density at radius 1 is 1.47 bits per heavy atom. The SMILES string of the molecule is CCCC1(O)CN(C(=O)Nc2ccc(C#N)cc2)C1. The minimum Gasteiger partial charge on any atom is -0.386 e. The first-order valence-corrected chi connectivity index (χ1v) is 6.35. The monoisotopic (exact) mass is 259 g/mol. The second kappa shape index (κ2) is 5.29. The average molecular weight is 259 g/mol. The molecule has 2 amide bonds. The van der Waals surface area contributed by atoms with Crippen LogP contribution in [-0.2, 0) is 0 Å². The number of hydrogen-bond acceptors (Lipinski definition) is 3. The van der Waals surface area contributed by atoms with Crippen molar-refractivity contribution in [3.8, 4) is 6.07 Å². The van der Waals surface area contributed by atoms with Gasteiger partial charge in [-0.3, -0.25) is 0 Å². The molecule has 0 unspecified atom stereocenters. The van der Waals surface area contributed by atoms with Gasteiger partial charge in [0.1, 0.15) is 0 Å². The van der Waals surface area contributed by atoms with Gasteiger partial charge in [-0.15, -0.1) is 0 Å². The minimum absolute atomic E-state index is 0.217. The zero-order chi connectivity index (χ0) is 13.9. The number of hydrogen-bond donors (Lipinski definition) is 2. The zero-order valence-electron chi connectivity index (χ0n) is 10.9. The van der Waals surface area contributed by atoms with Crippen molar-refractivity contribution in [3.63, 3.8) is 0 Å². The van der Waals surface area contributed by atoms with E-state index in [9.17, 15) is 9.90 Å². The van der Waals surface area contributed by atoms with Crippen LogP contribution in [0.25, 0.3) is 0 Å². The Kier molecular flexibility index (Phi) is 3.72. The lowest BCUT2D eigenvalue weighted by Crippen LogP contribution is -2.64. The molecule has 0 atom stereocenters. The first-order valence-electron chi connectivity index (χ1n) is 6.35. The van der Waals surface area contributed by atoms with Gasteiger partial charge in [-0.05, 0) is 30.7 Å². The summed E-state index contributed by atoms with van der Waals surface area (Å²) in [5, 5.41) is 21.4. The first-order chi connectivity index (χ1) is 9.06. The molecule has 19 heavy (non-hydrogen) atoms. The predicted octanol–water partition coefficient (Wildman–Crippen LogP) is 1.94. The number of nitrogens with zero attached hydrogens (tertiary/aromatic N) is 2. The van der Waals surface area contributed by atoms with Gasteiger partial charge in [-0.2, -0.15) is 5.26 Å². The van der Waals surface area contributed by atoms with E-state index >= 15 is 0 Å². The number of rotatable bonds is 3. The third-order valence-corrected chi connectivity index (χ3v) is 3.24. The summed E-state index contributed by atoms with van der Waals surface area (Å²) in [7, 11) is 0. The molecule has 0 radical (unpaired) electrons. The molecule has 1 saturated heterocycles. The molecule has 0 aromatic heterocycles. The molecule has 5 heteroatoms. The molecule has 1 aliphatic rings. The van der Waals surface area contributed by atoms with Gasteiger partial charge < -0.3 is 15.3 Å². The fraction of sp³-hybridized carbons (Fsp3) is 0.429. The van der Waals surface area contributed by atoms with Crippen LogP contribution in [0.15, 0.2) is 24.3 Å². The topological polar surface area (TPSA) is 76.4 Å². The number of likely N-dealkylation sites (tertiary alicyclic amines) is 1. The van der Waals surface area contributed by atoms with Crippen LogP contribution < -0.4 is 5.32 Å². The molecular weight excluding hydrogens is 242 g/mol. The van der Waals surface area contributed by atoms with E-state index in [0.717, 1.165) is 6.42 Å². The molecule has 5 nitrogen and oxygen atoms in total. The largest absolute Gasteiger partial charge is 0.386 e. The molecule has 1 heterocycles. The number of nitrogens with one attached hydrogen (secondary N) is 1. The number of aliphatic hydroxyl groups is 1. The Morgan fingerprint density at radius 2 is 2.11 bits per heavy atom. The van der Waals surface area contributed by atoms with E-state index in [4.69, 9.17) is 5.26 Å². The lowest BCUT2D eigenvalue weighted by molar-refractivity contribution is -0.0792. The number of benzene rings is 1. The highest BCUT2D eigenvalue weighted by molar-refractivity contribution is 5.90. The van der Waals surface area contributed by atoms with Crippen LogP contribution in [0.3, 0.4) is 0 Å². The van der Waals surface area contributed by atoms with Crippen molar-refractivity contribution in [3.05, 3.63) is 29.8 Å². The number of urea groups is 1. The standard InChI is InChI=1S/C14H17N3O2/c1-2-7-14(19)9-17(10-14)13(18)16-12-5-3-11(8-15)4-6-12/h3-6,19H,2,7,9-10H2,1H3,(H,16,18). The molecule has 100 valence electrons. The Balaban J connectivity index is 1.87. The smallest absolute Gasteiger partial charge is 0.322 e. The summed E-state index contributed by atoms with van der Waals surface area (Å²) in [4.78, 5) is 13.5. The molecule has 0 bridgehead atoms. The summed E-state index contributed by atoms with van der Waals surface area (Å²) in [6.45, 7) is 2.77. The van der Waals surface area contributed by atoms with Gasteiger partial charge in [-0.1, -0.05) is 13.3 Å². The lowest BCUT2D eigenvalue weighted by Gasteiger charge is -2.46. The fourth-order valence-electron chi connectivity index (χ4n) is 2.26. The van der Waals surface area contributed by atoms with Crippen LogP contribution in [0.4, 0.5) is 10.5 Å². The molecule has 1 aromatic carbocycles. The summed E-state index contributed by atoms with van der Waals surface area (Å²) in [6, 6.07) is 8.49.